The molecule has 4 fully saturated rings. The topological polar surface area (TPSA) is 0 Å². The van der Waals surface area contributed by atoms with Crippen molar-refractivity contribution in [3.8, 4) is 0 Å². The highest BCUT2D eigenvalue weighted by Crippen LogP contribution is 2.64. The zero-order valence-corrected chi connectivity index (χ0v) is 13.5. The molecular formula is C15H22Br2. The average Bonchev–Trinajstić information content (AvgIpc) is 3.07. The quantitative estimate of drug-likeness (QED) is 0.582. The first kappa shape index (κ1) is 11.8. The zero-order chi connectivity index (χ0) is 11.6. The smallest absolute Gasteiger partial charge is 0.0721 e. The molecule has 4 bridgehead atoms. The fourth-order valence-corrected chi connectivity index (χ4v) is 7.95. The Morgan fingerprint density at radius 1 is 0.647 bits per heavy atom. The Bertz CT molecular complexity index is 295. The van der Waals surface area contributed by atoms with Gasteiger partial charge in [0.25, 0.3) is 0 Å². The fraction of sp³-hybridized carbons (Fsp3) is 1.00. The third-order valence-corrected chi connectivity index (χ3v) is 8.82. The van der Waals surface area contributed by atoms with Gasteiger partial charge in [0.05, 0.1) is 3.23 Å². The summed E-state index contributed by atoms with van der Waals surface area (Å²) in [5.41, 5.74) is 0. The lowest BCUT2D eigenvalue weighted by Gasteiger charge is -2.42. The van der Waals surface area contributed by atoms with E-state index in [4.69, 9.17) is 0 Å². The Hall–Kier alpha value is 0.960. The van der Waals surface area contributed by atoms with Crippen molar-refractivity contribution in [3.05, 3.63) is 0 Å². The number of hydrogen-bond donors (Lipinski definition) is 0. The number of alkyl halides is 2. The van der Waals surface area contributed by atoms with E-state index in [0.29, 0.717) is 3.23 Å². The molecule has 0 spiro atoms. The van der Waals surface area contributed by atoms with Gasteiger partial charge in [-0.25, -0.2) is 0 Å². The number of fused-ring (bicyclic) bond motifs is 4. The van der Waals surface area contributed by atoms with Crippen LogP contribution in [0.25, 0.3) is 0 Å². The summed E-state index contributed by atoms with van der Waals surface area (Å²) in [5, 5.41) is 0. The molecule has 4 aliphatic carbocycles. The lowest BCUT2D eigenvalue weighted by molar-refractivity contribution is 0.217. The van der Waals surface area contributed by atoms with Crippen LogP contribution < -0.4 is 0 Å². The minimum absolute atomic E-state index is 0.291. The van der Waals surface area contributed by atoms with Gasteiger partial charge >= 0.3 is 0 Å². The van der Waals surface area contributed by atoms with Crippen LogP contribution in [0.3, 0.4) is 0 Å². The summed E-state index contributed by atoms with van der Waals surface area (Å²) in [6, 6.07) is 0. The maximum Gasteiger partial charge on any atom is 0.0867 e. The fourth-order valence-electron chi connectivity index (χ4n) is 5.71. The molecule has 0 nitrogen and oxygen atoms in total. The maximum atomic E-state index is 4.16. The van der Waals surface area contributed by atoms with Crippen LogP contribution in [0.1, 0.15) is 51.4 Å². The summed E-state index contributed by atoms with van der Waals surface area (Å²) < 4.78 is 0.291. The Morgan fingerprint density at radius 3 is 1.41 bits per heavy atom. The summed E-state index contributed by atoms with van der Waals surface area (Å²) in [6.45, 7) is 0. The van der Waals surface area contributed by atoms with E-state index in [0.717, 1.165) is 35.5 Å². The summed E-state index contributed by atoms with van der Waals surface area (Å²) in [4.78, 5) is 0. The van der Waals surface area contributed by atoms with Crippen LogP contribution in [0.2, 0.25) is 0 Å². The molecule has 0 amide bonds. The molecule has 0 aromatic carbocycles. The molecule has 0 aromatic rings. The molecule has 0 radical (unpaired) electrons. The van der Waals surface area contributed by atoms with Crippen LogP contribution in [0.4, 0.5) is 0 Å². The van der Waals surface area contributed by atoms with E-state index >= 15 is 0 Å². The Balaban J connectivity index is 1.55. The van der Waals surface area contributed by atoms with Crippen molar-refractivity contribution in [2.24, 2.45) is 35.5 Å². The van der Waals surface area contributed by atoms with Crippen molar-refractivity contribution in [2.45, 2.75) is 54.6 Å². The van der Waals surface area contributed by atoms with E-state index in [1.807, 2.05) is 0 Å². The molecule has 2 heteroatoms. The normalized spacial score (nSPS) is 52.6. The predicted molar refractivity (Wildman–Crippen MR) is 78.5 cm³/mol. The highest BCUT2D eigenvalue weighted by atomic mass is 79.9. The highest BCUT2D eigenvalue weighted by Gasteiger charge is 2.56. The van der Waals surface area contributed by atoms with E-state index in [1.165, 1.54) is 51.4 Å². The minimum Gasteiger partial charge on any atom is -0.0721 e. The molecule has 0 heterocycles. The first-order valence-electron chi connectivity index (χ1n) is 7.52. The summed E-state index contributed by atoms with van der Waals surface area (Å²) in [5.74, 6) is 6.03. The van der Waals surface area contributed by atoms with Crippen molar-refractivity contribution in [1.82, 2.24) is 0 Å². The SMILES string of the molecule is BrC(Br)(C1CC2CCC1C2)C1CC2CCC1C2. The molecular weight excluding hydrogens is 340 g/mol. The highest BCUT2D eigenvalue weighted by molar-refractivity contribution is 9.25. The van der Waals surface area contributed by atoms with Crippen molar-refractivity contribution < 1.29 is 0 Å². The van der Waals surface area contributed by atoms with Crippen molar-refractivity contribution >= 4 is 31.9 Å². The molecule has 6 atom stereocenters. The first-order chi connectivity index (χ1) is 8.14. The van der Waals surface area contributed by atoms with Crippen LogP contribution in [0, 0.1) is 35.5 Å². The molecule has 4 rings (SSSR count). The minimum atomic E-state index is 0.291. The van der Waals surface area contributed by atoms with E-state index < -0.39 is 0 Å². The molecule has 17 heavy (non-hydrogen) atoms. The molecule has 6 unspecified atom stereocenters. The monoisotopic (exact) mass is 360 g/mol. The van der Waals surface area contributed by atoms with Gasteiger partial charge in [-0.15, -0.1) is 0 Å². The molecule has 0 aromatic heterocycles. The van der Waals surface area contributed by atoms with Crippen LogP contribution >= 0.6 is 31.9 Å². The van der Waals surface area contributed by atoms with Crippen LogP contribution in [-0.4, -0.2) is 3.23 Å². The van der Waals surface area contributed by atoms with E-state index in [2.05, 4.69) is 31.9 Å². The predicted octanol–water partition coefficient (Wildman–Crippen LogP) is 5.34. The van der Waals surface area contributed by atoms with Crippen molar-refractivity contribution in [2.75, 3.05) is 0 Å². The molecule has 0 N–H and O–H groups in total. The van der Waals surface area contributed by atoms with Crippen molar-refractivity contribution in [1.29, 1.82) is 0 Å². The van der Waals surface area contributed by atoms with Gasteiger partial charge in [-0.3, -0.25) is 0 Å². The average molecular weight is 362 g/mol. The van der Waals surface area contributed by atoms with Gasteiger partial charge in [0.15, 0.2) is 0 Å². The Morgan fingerprint density at radius 2 is 1.12 bits per heavy atom. The molecule has 0 saturated heterocycles. The second kappa shape index (κ2) is 3.98. The van der Waals surface area contributed by atoms with Crippen LogP contribution in [-0.2, 0) is 0 Å². The van der Waals surface area contributed by atoms with Gasteiger partial charge in [0, 0.05) is 0 Å². The summed E-state index contributed by atoms with van der Waals surface area (Å²) >= 11 is 8.31. The van der Waals surface area contributed by atoms with Crippen LogP contribution in [0.15, 0.2) is 0 Å². The zero-order valence-electron chi connectivity index (χ0n) is 10.4. The van der Waals surface area contributed by atoms with Gasteiger partial charge in [-0.05, 0) is 74.0 Å². The standard InChI is InChI=1S/C15H22Br2/c16-15(17,13-7-9-1-3-11(13)5-9)14-8-10-2-4-12(14)6-10/h9-14H,1-8H2. The lowest BCUT2D eigenvalue weighted by Crippen LogP contribution is -2.39. The van der Waals surface area contributed by atoms with Crippen LogP contribution in [0.5, 0.6) is 0 Å². The Kier molecular flexibility index (Phi) is 2.75. The summed E-state index contributed by atoms with van der Waals surface area (Å²) in [6.07, 6.45) is 12.1. The number of hydrogen-bond acceptors (Lipinski definition) is 0. The third kappa shape index (κ3) is 1.72. The first-order valence-corrected chi connectivity index (χ1v) is 9.11. The van der Waals surface area contributed by atoms with E-state index in [1.54, 1.807) is 0 Å². The Labute approximate surface area is 122 Å². The lowest BCUT2D eigenvalue weighted by atomic mass is 9.76. The maximum absolute atomic E-state index is 4.16. The largest absolute Gasteiger partial charge is 0.0867 e. The molecule has 4 saturated carbocycles. The third-order valence-electron chi connectivity index (χ3n) is 6.46. The van der Waals surface area contributed by atoms with Crippen molar-refractivity contribution in [3.63, 3.8) is 0 Å². The van der Waals surface area contributed by atoms with E-state index in [-0.39, 0.29) is 0 Å². The molecule has 4 aliphatic rings. The second-order valence-electron chi connectivity index (χ2n) is 7.24. The number of halogens is 2. The molecule has 96 valence electrons. The molecule has 0 aliphatic heterocycles. The second-order valence-corrected chi connectivity index (χ2v) is 10.9. The van der Waals surface area contributed by atoms with Gasteiger partial charge in [0.1, 0.15) is 0 Å². The van der Waals surface area contributed by atoms with Gasteiger partial charge in [-0.1, -0.05) is 44.7 Å². The van der Waals surface area contributed by atoms with Gasteiger partial charge < -0.3 is 0 Å². The van der Waals surface area contributed by atoms with E-state index in [9.17, 15) is 0 Å². The van der Waals surface area contributed by atoms with Gasteiger partial charge in [-0.2, -0.15) is 0 Å². The summed E-state index contributed by atoms with van der Waals surface area (Å²) in [7, 11) is 0. The number of rotatable bonds is 2. The van der Waals surface area contributed by atoms with Gasteiger partial charge in [0.2, 0.25) is 0 Å².